The Kier molecular flexibility index (Phi) is 10.8. The lowest BCUT2D eigenvalue weighted by Gasteiger charge is -2.42. The predicted molar refractivity (Wildman–Crippen MR) is 123 cm³/mol. The van der Waals surface area contributed by atoms with Crippen LogP contribution < -0.4 is 0 Å². The molecule has 0 aliphatic carbocycles. The first-order chi connectivity index (χ1) is 12.0. The summed E-state index contributed by atoms with van der Waals surface area (Å²) in [5.41, 5.74) is 0.253. The summed E-state index contributed by atoms with van der Waals surface area (Å²) in [7, 11) is 5.62. The van der Waals surface area contributed by atoms with Gasteiger partial charge in [0.2, 0.25) is 7.44 Å². The molecule has 0 spiro atoms. The second-order valence-corrected chi connectivity index (χ2v) is 14.8. The van der Waals surface area contributed by atoms with Crippen LogP contribution >= 0.6 is 7.44 Å². The van der Waals surface area contributed by atoms with Crippen molar-refractivity contribution in [2.75, 3.05) is 41.3 Å². The van der Waals surface area contributed by atoms with Gasteiger partial charge in [-0.15, -0.1) is 0 Å². The average Bonchev–Trinajstić information content (AvgIpc) is 2.48. The van der Waals surface area contributed by atoms with Gasteiger partial charge in [0.15, 0.2) is 0 Å². The third kappa shape index (κ3) is 8.56. The Balaban J connectivity index is 4.40. The molecule has 0 aliphatic rings. The first-order valence-electron chi connectivity index (χ1n) is 10.7. The summed E-state index contributed by atoms with van der Waals surface area (Å²) in [5, 5.41) is -0.232. The van der Waals surface area contributed by atoms with Crippen LogP contribution in [0.4, 0.5) is 0 Å². The van der Waals surface area contributed by atoms with Crippen molar-refractivity contribution >= 4 is 7.44 Å². The van der Waals surface area contributed by atoms with E-state index in [1.54, 1.807) is 0 Å². The molecule has 0 N–H and O–H groups in total. The standard InChI is InChI=1S/C22H50N3OP/c1-19(18-20(2)15-17-24(11)21(3,4)5)14-13-16-25(12)27(26,23(9)10)22(6,7)8/h19-20H,13-18H2,1-12H3. The van der Waals surface area contributed by atoms with Crippen molar-refractivity contribution in [1.82, 2.24) is 14.2 Å². The Morgan fingerprint density at radius 2 is 1.30 bits per heavy atom. The fourth-order valence-corrected chi connectivity index (χ4v) is 7.14. The molecule has 0 saturated carbocycles. The van der Waals surface area contributed by atoms with E-state index in [0.717, 1.165) is 31.3 Å². The molecule has 0 amide bonds. The van der Waals surface area contributed by atoms with Gasteiger partial charge in [0, 0.05) is 17.2 Å². The average molecular weight is 404 g/mol. The highest BCUT2D eigenvalue weighted by molar-refractivity contribution is 7.60. The van der Waals surface area contributed by atoms with Crippen LogP contribution in [0.15, 0.2) is 0 Å². The highest BCUT2D eigenvalue weighted by Gasteiger charge is 2.42. The molecule has 0 saturated heterocycles. The molecule has 0 aromatic carbocycles. The summed E-state index contributed by atoms with van der Waals surface area (Å²) in [5.74, 6) is 1.48. The minimum absolute atomic E-state index is 0.232. The normalized spacial score (nSPS) is 18.2. The van der Waals surface area contributed by atoms with E-state index in [1.165, 1.54) is 19.3 Å². The Morgan fingerprint density at radius 1 is 0.815 bits per heavy atom. The largest absolute Gasteiger partial charge is 0.302 e. The molecular formula is C22H50N3OP. The van der Waals surface area contributed by atoms with Gasteiger partial charge >= 0.3 is 0 Å². The summed E-state index contributed by atoms with van der Waals surface area (Å²) >= 11 is 0. The van der Waals surface area contributed by atoms with E-state index < -0.39 is 7.44 Å². The molecule has 0 aromatic rings. The molecule has 0 bridgehead atoms. The quantitative estimate of drug-likeness (QED) is 0.393. The van der Waals surface area contributed by atoms with E-state index in [1.807, 2.05) is 25.8 Å². The second kappa shape index (κ2) is 10.8. The fraction of sp³-hybridized carbons (Fsp3) is 1.00. The van der Waals surface area contributed by atoms with Gasteiger partial charge in [0.25, 0.3) is 0 Å². The van der Waals surface area contributed by atoms with Crippen LogP contribution in [-0.2, 0) is 4.57 Å². The van der Waals surface area contributed by atoms with Crippen molar-refractivity contribution in [2.45, 2.75) is 91.8 Å². The van der Waals surface area contributed by atoms with Gasteiger partial charge in [0.05, 0.1) is 0 Å². The zero-order valence-electron chi connectivity index (χ0n) is 20.6. The predicted octanol–water partition coefficient (Wildman–Crippen LogP) is 6.03. The SMILES string of the molecule is CC(CCCN(C)P(=O)(N(C)C)C(C)(C)C)CC(C)CCN(C)C(C)(C)C. The van der Waals surface area contributed by atoms with Gasteiger partial charge in [-0.3, -0.25) is 4.57 Å². The molecule has 0 aliphatic heterocycles. The van der Waals surface area contributed by atoms with Gasteiger partial charge in [-0.05, 0) is 93.0 Å². The van der Waals surface area contributed by atoms with Crippen LogP contribution in [0, 0.1) is 11.8 Å². The molecule has 0 aromatic heterocycles. The van der Waals surface area contributed by atoms with Gasteiger partial charge in [0.1, 0.15) is 0 Å². The van der Waals surface area contributed by atoms with Crippen molar-refractivity contribution in [3.63, 3.8) is 0 Å². The lowest BCUT2D eigenvalue weighted by molar-refractivity contribution is 0.162. The molecule has 4 nitrogen and oxygen atoms in total. The van der Waals surface area contributed by atoms with E-state index in [4.69, 9.17) is 0 Å². The summed E-state index contributed by atoms with van der Waals surface area (Å²) in [4.78, 5) is 2.45. The molecule has 3 atom stereocenters. The van der Waals surface area contributed by atoms with E-state index in [9.17, 15) is 4.57 Å². The summed E-state index contributed by atoms with van der Waals surface area (Å²) in [6.45, 7) is 19.9. The van der Waals surface area contributed by atoms with Crippen molar-refractivity contribution < 1.29 is 4.57 Å². The number of hydrogen-bond donors (Lipinski definition) is 0. The maximum atomic E-state index is 13.6. The summed E-state index contributed by atoms with van der Waals surface area (Å²) < 4.78 is 17.6. The van der Waals surface area contributed by atoms with Crippen molar-refractivity contribution in [3.05, 3.63) is 0 Å². The molecule has 5 heteroatoms. The van der Waals surface area contributed by atoms with Crippen molar-refractivity contribution in [3.8, 4) is 0 Å². The molecule has 27 heavy (non-hydrogen) atoms. The molecule has 0 radical (unpaired) electrons. The first kappa shape index (κ1) is 27.1. The smallest absolute Gasteiger partial charge is 0.220 e. The Hall–Kier alpha value is 0.110. The topological polar surface area (TPSA) is 26.8 Å². The van der Waals surface area contributed by atoms with Crippen molar-refractivity contribution in [2.24, 2.45) is 11.8 Å². The number of nitrogens with zero attached hydrogens (tertiary/aromatic N) is 3. The molecule has 0 heterocycles. The second-order valence-electron chi connectivity index (χ2n) is 10.9. The van der Waals surface area contributed by atoms with Gasteiger partial charge in [-0.1, -0.05) is 34.6 Å². The highest BCUT2D eigenvalue weighted by Crippen LogP contribution is 2.61. The van der Waals surface area contributed by atoms with Crippen LogP contribution in [0.1, 0.15) is 81.1 Å². The monoisotopic (exact) mass is 403 g/mol. The third-order valence-electron chi connectivity index (χ3n) is 5.96. The minimum Gasteiger partial charge on any atom is -0.302 e. The van der Waals surface area contributed by atoms with E-state index >= 15 is 0 Å². The zero-order valence-corrected chi connectivity index (χ0v) is 21.5. The molecule has 0 fully saturated rings. The van der Waals surface area contributed by atoms with Crippen LogP contribution in [-0.4, -0.2) is 66.2 Å². The zero-order chi connectivity index (χ0) is 21.6. The maximum absolute atomic E-state index is 13.6. The van der Waals surface area contributed by atoms with Crippen LogP contribution in [0.25, 0.3) is 0 Å². The highest BCUT2D eigenvalue weighted by atomic mass is 31.2. The lowest BCUT2D eigenvalue weighted by atomic mass is 9.91. The van der Waals surface area contributed by atoms with E-state index in [0.29, 0.717) is 0 Å². The Labute approximate surface area is 171 Å². The fourth-order valence-electron chi connectivity index (χ4n) is 3.89. The number of hydrogen-bond acceptors (Lipinski definition) is 2. The Bertz CT molecular complexity index is 465. The third-order valence-corrected chi connectivity index (χ3v) is 9.92. The molecule has 164 valence electrons. The van der Waals surface area contributed by atoms with E-state index in [2.05, 4.69) is 72.0 Å². The lowest BCUT2D eigenvalue weighted by Crippen LogP contribution is -2.39. The van der Waals surface area contributed by atoms with Gasteiger partial charge in [-0.25, -0.2) is 9.34 Å². The molecule has 3 unspecified atom stereocenters. The van der Waals surface area contributed by atoms with Crippen LogP contribution in [0.5, 0.6) is 0 Å². The van der Waals surface area contributed by atoms with Gasteiger partial charge in [-0.2, -0.15) is 0 Å². The summed E-state index contributed by atoms with van der Waals surface area (Å²) in [6.07, 6.45) is 4.87. The first-order valence-corrected chi connectivity index (χ1v) is 12.4. The molecular weight excluding hydrogens is 353 g/mol. The maximum Gasteiger partial charge on any atom is 0.220 e. The van der Waals surface area contributed by atoms with Crippen LogP contribution in [0.3, 0.4) is 0 Å². The van der Waals surface area contributed by atoms with Crippen LogP contribution in [0.2, 0.25) is 0 Å². The summed E-state index contributed by atoms with van der Waals surface area (Å²) in [6, 6.07) is 0. The molecule has 0 rings (SSSR count). The Morgan fingerprint density at radius 3 is 1.70 bits per heavy atom. The van der Waals surface area contributed by atoms with Crippen molar-refractivity contribution in [1.29, 1.82) is 0 Å². The number of rotatable bonds is 11. The minimum atomic E-state index is -2.53. The van der Waals surface area contributed by atoms with E-state index in [-0.39, 0.29) is 10.7 Å². The van der Waals surface area contributed by atoms with Gasteiger partial charge < -0.3 is 4.90 Å².